The van der Waals surface area contributed by atoms with Crippen LogP contribution in [0.25, 0.3) is 16.9 Å². The van der Waals surface area contributed by atoms with Gasteiger partial charge in [0.25, 0.3) is 0 Å². The summed E-state index contributed by atoms with van der Waals surface area (Å²) in [5.74, 6) is 0.446. The van der Waals surface area contributed by atoms with E-state index in [9.17, 15) is 4.79 Å². The zero-order valence-corrected chi connectivity index (χ0v) is 25.3. The van der Waals surface area contributed by atoms with Crippen LogP contribution in [0.15, 0.2) is 84.7 Å². The summed E-state index contributed by atoms with van der Waals surface area (Å²) in [4.78, 5) is 11.9. The number of methoxy groups -OCH3 is 1. The summed E-state index contributed by atoms with van der Waals surface area (Å²) in [7, 11) is 2.62. The largest absolute Gasteiger partial charge is 0.497 e. The molecule has 1 unspecified atom stereocenters. The van der Waals surface area contributed by atoms with Gasteiger partial charge < -0.3 is 14.6 Å². The Morgan fingerprint density at radius 1 is 1.10 bits per heavy atom. The summed E-state index contributed by atoms with van der Waals surface area (Å²) < 4.78 is 7.23. The van der Waals surface area contributed by atoms with E-state index >= 15 is 0 Å². The lowest BCUT2D eigenvalue weighted by molar-refractivity contribution is -0.111. The SMILES string of the molecule is C=C(/C=C(\C=C/CC)OC)CC(C=O)Cc1cc(-c2ccc(C)cc2)n(-c2ccc(Cl)c(Cl)c2)n1.CC.CO. The number of aromatic nitrogens is 2. The number of aliphatic hydroxyl groups is 1. The molecule has 3 aromatic rings. The minimum atomic E-state index is -0.268. The molecule has 0 aliphatic rings. The molecule has 1 aromatic heterocycles. The van der Waals surface area contributed by atoms with Crippen LogP contribution in [0.5, 0.6) is 0 Å². The molecule has 0 aliphatic heterocycles. The number of aryl methyl sites for hydroxylation is 1. The van der Waals surface area contributed by atoms with Gasteiger partial charge in [0.2, 0.25) is 0 Å². The molecule has 0 radical (unpaired) electrons. The van der Waals surface area contributed by atoms with Gasteiger partial charge in [0.05, 0.1) is 34.2 Å². The number of nitrogens with zero attached hydrogens (tertiary/aromatic N) is 2. The van der Waals surface area contributed by atoms with Crippen LogP contribution in [0.2, 0.25) is 10.0 Å². The number of allylic oxidation sites excluding steroid dienone is 4. The molecular weight excluding hydrogens is 531 g/mol. The van der Waals surface area contributed by atoms with Crippen LogP contribution in [0.3, 0.4) is 0 Å². The smallest absolute Gasteiger partial charge is 0.123 e. The Bertz CT molecular complexity index is 1240. The van der Waals surface area contributed by atoms with E-state index in [0.29, 0.717) is 28.6 Å². The quantitative estimate of drug-likeness (QED) is 0.142. The Labute approximate surface area is 243 Å². The summed E-state index contributed by atoms with van der Waals surface area (Å²) in [6.45, 7) is 12.2. The van der Waals surface area contributed by atoms with Crippen molar-refractivity contribution in [3.8, 4) is 16.9 Å². The lowest BCUT2D eigenvalue weighted by atomic mass is 9.96. The maximum absolute atomic E-state index is 11.9. The molecule has 0 bridgehead atoms. The van der Waals surface area contributed by atoms with E-state index in [1.165, 1.54) is 5.56 Å². The molecule has 210 valence electrons. The molecule has 1 atom stereocenters. The molecule has 1 heterocycles. The second-order valence-corrected chi connectivity index (χ2v) is 9.24. The van der Waals surface area contributed by atoms with Gasteiger partial charge in [-0.3, -0.25) is 0 Å². The maximum atomic E-state index is 11.9. The van der Waals surface area contributed by atoms with Crippen LogP contribution in [0, 0.1) is 12.8 Å². The van der Waals surface area contributed by atoms with Crippen molar-refractivity contribution in [2.45, 2.75) is 47.0 Å². The average Bonchev–Trinajstić information content (AvgIpc) is 3.38. The first kappa shape index (κ1) is 33.9. The maximum Gasteiger partial charge on any atom is 0.123 e. The molecule has 0 fully saturated rings. The van der Waals surface area contributed by atoms with Gasteiger partial charge in [0.1, 0.15) is 12.0 Å². The van der Waals surface area contributed by atoms with Crippen molar-refractivity contribution >= 4 is 29.5 Å². The molecule has 39 heavy (non-hydrogen) atoms. The Hall–Kier alpha value is -3.12. The topological polar surface area (TPSA) is 64.4 Å². The number of rotatable bonds is 11. The summed E-state index contributed by atoms with van der Waals surface area (Å²) in [6.07, 6.45) is 8.67. The Morgan fingerprint density at radius 2 is 1.77 bits per heavy atom. The molecule has 3 rings (SSSR count). The van der Waals surface area contributed by atoms with E-state index < -0.39 is 0 Å². The third kappa shape index (κ3) is 10.5. The molecule has 1 N–H and O–H groups in total. The number of benzene rings is 2. The first-order valence-electron chi connectivity index (χ1n) is 13.0. The van der Waals surface area contributed by atoms with E-state index in [0.717, 1.165) is 48.0 Å². The summed E-state index contributed by atoms with van der Waals surface area (Å²) in [5, 5.41) is 12.8. The Morgan fingerprint density at radius 3 is 2.33 bits per heavy atom. The van der Waals surface area contributed by atoms with Crippen LogP contribution < -0.4 is 0 Å². The number of ether oxygens (including phenoxy) is 1. The predicted molar refractivity (Wildman–Crippen MR) is 165 cm³/mol. The lowest BCUT2D eigenvalue weighted by Crippen LogP contribution is -2.08. The first-order chi connectivity index (χ1) is 18.8. The fraction of sp³-hybridized carbons (Fsp3) is 0.312. The molecule has 5 nitrogen and oxygen atoms in total. The third-order valence-electron chi connectivity index (χ3n) is 5.54. The third-order valence-corrected chi connectivity index (χ3v) is 6.28. The zero-order valence-electron chi connectivity index (χ0n) is 23.7. The second-order valence-electron chi connectivity index (χ2n) is 8.42. The van der Waals surface area contributed by atoms with Crippen molar-refractivity contribution < 1.29 is 14.6 Å². The van der Waals surface area contributed by atoms with Crippen molar-refractivity contribution in [2.75, 3.05) is 14.2 Å². The molecule has 0 aliphatic carbocycles. The van der Waals surface area contributed by atoms with Gasteiger partial charge >= 0.3 is 0 Å². The van der Waals surface area contributed by atoms with Crippen molar-refractivity contribution in [2.24, 2.45) is 5.92 Å². The van der Waals surface area contributed by atoms with Crippen LogP contribution >= 0.6 is 23.2 Å². The fourth-order valence-electron chi connectivity index (χ4n) is 3.72. The predicted octanol–water partition coefficient (Wildman–Crippen LogP) is 8.59. The fourth-order valence-corrected chi connectivity index (χ4v) is 4.01. The number of aliphatic hydroxyl groups excluding tert-OH is 1. The highest BCUT2D eigenvalue weighted by Gasteiger charge is 2.17. The molecule has 7 heteroatoms. The molecule has 0 amide bonds. The van der Waals surface area contributed by atoms with Crippen molar-refractivity contribution in [3.63, 3.8) is 0 Å². The normalized spacial score (nSPS) is 11.7. The van der Waals surface area contributed by atoms with Gasteiger partial charge in [-0.05, 0) is 56.2 Å². The zero-order chi connectivity index (χ0) is 29.4. The van der Waals surface area contributed by atoms with E-state index in [1.807, 2.05) is 48.9 Å². The minimum absolute atomic E-state index is 0.268. The number of carbonyl (C=O) groups is 1. The Balaban J connectivity index is 0.00000181. The number of halogens is 2. The van der Waals surface area contributed by atoms with E-state index in [4.69, 9.17) is 38.1 Å². The van der Waals surface area contributed by atoms with Gasteiger partial charge in [0, 0.05) is 25.0 Å². The number of hydrogen-bond acceptors (Lipinski definition) is 4. The van der Waals surface area contributed by atoms with Gasteiger partial charge in [0.15, 0.2) is 0 Å². The molecule has 0 saturated carbocycles. The van der Waals surface area contributed by atoms with Crippen LogP contribution in [-0.4, -0.2) is 35.4 Å². The van der Waals surface area contributed by atoms with Crippen LogP contribution in [0.1, 0.15) is 44.9 Å². The lowest BCUT2D eigenvalue weighted by Gasteiger charge is -2.10. The highest BCUT2D eigenvalue weighted by atomic mass is 35.5. The summed E-state index contributed by atoms with van der Waals surface area (Å²) >= 11 is 12.4. The number of aldehydes is 1. The molecule has 0 saturated heterocycles. The van der Waals surface area contributed by atoms with Gasteiger partial charge in [-0.1, -0.05) is 92.0 Å². The standard InChI is InChI=1S/C29H30Cl2N2O2.C2H6.CH4O/c1-5-6-7-26(35-4)15-21(3)14-22(19-34)16-24-17-29(23-10-8-20(2)9-11-23)33(32-24)25-12-13-27(30)28(31)18-25;2*1-2/h6-13,15,17-19,22H,3,5,14,16H2,1-2,4H3;1-2H3;2H,1H3/b7-6-,26-15+;;. The van der Waals surface area contributed by atoms with E-state index in [-0.39, 0.29) is 5.92 Å². The van der Waals surface area contributed by atoms with Crippen LogP contribution in [-0.2, 0) is 16.0 Å². The average molecular weight is 572 g/mol. The highest BCUT2D eigenvalue weighted by molar-refractivity contribution is 6.42. The van der Waals surface area contributed by atoms with E-state index in [1.54, 1.807) is 19.2 Å². The van der Waals surface area contributed by atoms with Gasteiger partial charge in [-0.25, -0.2) is 4.68 Å². The van der Waals surface area contributed by atoms with Crippen molar-refractivity contribution in [1.82, 2.24) is 9.78 Å². The molecular formula is C32H40Cl2N2O3. The number of carbonyl (C=O) groups excluding carboxylic acids is 1. The molecule has 0 spiro atoms. The summed E-state index contributed by atoms with van der Waals surface area (Å²) in [6, 6.07) is 15.7. The van der Waals surface area contributed by atoms with E-state index in [2.05, 4.69) is 44.7 Å². The van der Waals surface area contributed by atoms with Crippen LogP contribution in [0.4, 0.5) is 0 Å². The second kappa shape index (κ2) is 18.2. The molecule has 2 aromatic carbocycles. The summed E-state index contributed by atoms with van der Waals surface area (Å²) in [5.41, 5.74) is 5.52. The highest BCUT2D eigenvalue weighted by Crippen LogP contribution is 2.30. The van der Waals surface area contributed by atoms with Gasteiger partial charge in [-0.2, -0.15) is 5.10 Å². The minimum Gasteiger partial charge on any atom is -0.497 e. The first-order valence-corrected chi connectivity index (χ1v) is 13.7. The number of hydrogen-bond donors (Lipinski definition) is 1. The van der Waals surface area contributed by atoms with Gasteiger partial charge in [-0.15, -0.1) is 0 Å². The Kier molecular flexibility index (Phi) is 15.8. The van der Waals surface area contributed by atoms with Crippen molar-refractivity contribution in [1.29, 1.82) is 0 Å². The monoisotopic (exact) mass is 570 g/mol. The van der Waals surface area contributed by atoms with Crippen molar-refractivity contribution in [3.05, 3.63) is 106 Å².